The van der Waals surface area contributed by atoms with E-state index in [9.17, 15) is 14.3 Å². The molecule has 1 aromatic rings. The van der Waals surface area contributed by atoms with Crippen LogP contribution in [0.15, 0.2) is 24.3 Å². The summed E-state index contributed by atoms with van der Waals surface area (Å²) in [6.07, 6.45) is 0.146. The number of carboxylic acids is 1. The molecule has 0 bridgehead atoms. The van der Waals surface area contributed by atoms with Crippen LogP contribution in [0.5, 0.6) is 0 Å². The monoisotopic (exact) mass is 255 g/mol. The average Bonchev–Trinajstić information content (AvgIpc) is 2.36. The van der Waals surface area contributed by atoms with Crippen LogP contribution in [-0.2, 0) is 14.9 Å². The van der Waals surface area contributed by atoms with Gasteiger partial charge in [0.25, 0.3) is 0 Å². The first-order valence-electron chi connectivity index (χ1n) is 5.84. The average molecular weight is 255 g/mol. The molecule has 0 aliphatic carbocycles. The molecule has 0 saturated heterocycles. The minimum Gasteiger partial charge on any atom is -0.481 e. The summed E-state index contributed by atoms with van der Waals surface area (Å²) in [5.74, 6) is -1.68. The zero-order chi connectivity index (χ0) is 13.6. The van der Waals surface area contributed by atoms with Gasteiger partial charge in [-0.05, 0) is 19.4 Å². The lowest BCUT2D eigenvalue weighted by Gasteiger charge is -2.28. The normalized spacial score (nSPS) is 14.2. The summed E-state index contributed by atoms with van der Waals surface area (Å²) >= 11 is 0. The molecule has 1 unspecified atom stereocenters. The van der Waals surface area contributed by atoms with Gasteiger partial charge < -0.3 is 15.6 Å². The standard InChI is InChI=1S/C13H18FNO3/c1-2-18-8-7-13(9-15,12(16)17)10-5-3-4-6-11(10)14/h3-6H,2,7-9,15H2,1H3,(H,16,17). The maximum absolute atomic E-state index is 13.8. The first-order valence-corrected chi connectivity index (χ1v) is 5.84. The number of ether oxygens (including phenoxy) is 1. The summed E-state index contributed by atoms with van der Waals surface area (Å²) in [5, 5.41) is 9.40. The molecule has 0 radical (unpaired) electrons. The van der Waals surface area contributed by atoms with Gasteiger partial charge in [0.1, 0.15) is 11.2 Å². The summed E-state index contributed by atoms with van der Waals surface area (Å²) in [7, 11) is 0. The minimum absolute atomic E-state index is 0.111. The number of carboxylic acid groups (broad SMARTS) is 1. The predicted octanol–water partition coefficient (Wildman–Crippen LogP) is 1.53. The lowest BCUT2D eigenvalue weighted by atomic mass is 9.77. The van der Waals surface area contributed by atoms with Gasteiger partial charge in [0, 0.05) is 25.3 Å². The molecule has 0 saturated carbocycles. The highest BCUT2D eigenvalue weighted by atomic mass is 19.1. The van der Waals surface area contributed by atoms with E-state index in [1.54, 1.807) is 6.07 Å². The first kappa shape index (κ1) is 14.6. The highest BCUT2D eigenvalue weighted by Crippen LogP contribution is 2.29. The molecule has 0 fully saturated rings. The Hall–Kier alpha value is -1.46. The molecule has 0 aromatic heterocycles. The quantitative estimate of drug-likeness (QED) is 0.725. The van der Waals surface area contributed by atoms with Gasteiger partial charge in [-0.25, -0.2) is 4.39 Å². The summed E-state index contributed by atoms with van der Waals surface area (Å²) in [4.78, 5) is 11.5. The summed E-state index contributed by atoms with van der Waals surface area (Å²) in [6, 6.07) is 5.82. The lowest BCUT2D eigenvalue weighted by Crippen LogP contribution is -2.44. The van der Waals surface area contributed by atoms with Crippen molar-refractivity contribution in [1.29, 1.82) is 0 Å². The third-order valence-electron chi connectivity index (χ3n) is 3.02. The molecule has 18 heavy (non-hydrogen) atoms. The maximum Gasteiger partial charge on any atom is 0.315 e. The molecule has 1 aromatic carbocycles. The van der Waals surface area contributed by atoms with Crippen LogP contribution in [-0.4, -0.2) is 30.8 Å². The predicted molar refractivity (Wildman–Crippen MR) is 65.9 cm³/mol. The van der Waals surface area contributed by atoms with Crippen molar-refractivity contribution < 1.29 is 19.0 Å². The number of hydrogen-bond acceptors (Lipinski definition) is 3. The number of rotatable bonds is 7. The van der Waals surface area contributed by atoms with Crippen molar-refractivity contribution in [3.05, 3.63) is 35.6 Å². The Morgan fingerprint density at radius 1 is 1.50 bits per heavy atom. The van der Waals surface area contributed by atoms with Crippen LogP contribution < -0.4 is 5.73 Å². The van der Waals surface area contributed by atoms with Gasteiger partial charge in [0.15, 0.2) is 0 Å². The molecule has 1 rings (SSSR count). The zero-order valence-corrected chi connectivity index (χ0v) is 10.4. The molecule has 3 N–H and O–H groups in total. The van der Waals surface area contributed by atoms with Gasteiger partial charge >= 0.3 is 5.97 Å². The summed E-state index contributed by atoms with van der Waals surface area (Å²) in [5.41, 5.74) is 4.27. The van der Waals surface area contributed by atoms with Crippen LogP contribution >= 0.6 is 0 Å². The molecular weight excluding hydrogens is 237 g/mol. The Balaban J connectivity index is 3.11. The molecule has 0 aliphatic heterocycles. The van der Waals surface area contributed by atoms with Gasteiger partial charge in [0.2, 0.25) is 0 Å². The Morgan fingerprint density at radius 3 is 2.67 bits per heavy atom. The molecule has 0 heterocycles. The van der Waals surface area contributed by atoms with Crippen molar-refractivity contribution in [2.45, 2.75) is 18.8 Å². The Bertz CT molecular complexity index is 411. The van der Waals surface area contributed by atoms with Gasteiger partial charge in [0.05, 0.1) is 0 Å². The van der Waals surface area contributed by atoms with E-state index in [-0.39, 0.29) is 25.1 Å². The van der Waals surface area contributed by atoms with Gasteiger partial charge in [-0.1, -0.05) is 18.2 Å². The minimum atomic E-state index is -1.43. The fourth-order valence-electron chi connectivity index (χ4n) is 1.90. The topological polar surface area (TPSA) is 72.5 Å². The summed E-state index contributed by atoms with van der Waals surface area (Å²) in [6.45, 7) is 2.36. The van der Waals surface area contributed by atoms with Gasteiger partial charge in [-0.15, -0.1) is 0 Å². The third-order valence-corrected chi connectivity index (χ3v) is 3.02. The highest BCUT2D eigenvalue weighted by molar-refractivity contribution is 5.81. The number of halogens is 1. The Kier molecular flexibility index (Phi) is 5.25. The van der Waals surface area contributed by atoms with Crippen molar-refractivity contribution in [3.8, 4) is 0 Å². The second-order valence-electron chi connectivity index (χ2n) is 4.02. The van der Waals surface area contributed by atoms with Gasteiger partial charge in [-0.3, -0.25) is 4.79 Å². The SMILES string of the molecule is CCOCCC(CN)(C(=O)O)c1ccccc1F. The van der Waals surface area contributed by atoms with E-state index in [0.29, 0.717) is 6.61 Å². The zero-order valence-electron chi connectivity index (χ0n) is 10.4. The van der Waals surface area contributed by atoms with Crippen LogP contribution in [0.25, 0.3) is 0 Å². The van der Waals surface area contributed by atoms with E-state index < -0.39 is 17.2 Å². The number of benzene rings is 1. The van der Waals surface area contributed by atoms with Crippen molar-refractivity contribution in [2.24, 2.45) is 5.73 Å². The van der Waals surface area contributed by atoms with Crippen molar-refractivity contribution in [3.63, 3.8) is 0 Å². The Morgan fingerprint density at radius 2 is 2.17 bits per heavy atom. The first-order chi connectivity index (χ1) is 8.58. The van der Waals surface area contributed by atoms with Crippen LogP contribution in [0.2, 0.25) is 0 Å². The number of aliphatic carboxylic acids is 1. The molecule has 4 nitrogen and oxygen atoms in total. The van der Waals surface area contributed by atoms with Crippen molar-refractivity contribution >= 4 is 5.97 Å². The third kappa shape index (κ3) is 2.86. The Labute approximate surface area is 106 Å². The summed E-state index contributed by atoms with van der Waals surface area (Å²) < 4.78 is 18.9. The molecule has 5 heteroatoms. The molecule has 1 atom stereocenters. The van der Waals surface area contributed by atoms with E-state index in [2.05, 4.69) is 0 Å². The fourth-order valence-corrected chi connectivity index (χ4v) is 1.90. The number of carbonyl (C=O) groups is 1. The second kappa shape index (κ2) is 6.47. The van der Waals surface area contributed by atoms with Crippen molar-refractivity contribution in [1.82, 2.24) is 0 Å². The molecule has 0 spiro atoms. The number of nitrogens with two attached hydrogens (primary N) is 1. The van der Waals surface area contributed by atoms with Crippen molar-refractivity contribution in [2.75, 3.05) is 19.8 Å². The van der Waals surface area contributed by atoms with Gasteiger partial charge in [-0.2, -0.15) is 0 Å². The fraction of sp³-hybridized carbons (Fsp3) is 0.462. The largest absolute Gasteiger partial charge is 0.481 e. The lowest BCUT2D eigenvalue weighted by molar-refractivity contribution is -0.144. The molecular formula is C13H18FNO3. The van der Waals surface area contributed by atoms with Crippen LogP contribution in [0.4, 0.5) is 4.39 Å². The van der Waals surface area contributed by atoms with E-state index in [0.717, 1.165) is 0 Å². The van der Waals surface area contributed by atoms with E-state index in [4.69, 9.17) is 10.5 Å². The second-order valence-corrected chi connectivity index (χ2v) is 4.02. The van der Waals surface area contributed by atoms with Crippen LogP contribution in [0.3, 0.4) is 0 Å². The molecule has 0 amide bonds. The maximum atomic E-state index is 13.8. The number of hydrogen-bond donors (Lipinski definition) is 2. The van der Waals surface area contributed by atoms with Crippen LogP contribution in [0, 0.1) is 5.82 Å². The smallest absolute Gasteiger partial charge is 0.315 e. The highest BCUT2D eigenvalue weighted by Gasteiger charge is 2.40. The van der Waals surface area contributed by atoms with E-state index in [1.807, 2.05) is 6.92 Å². The van der Waals surface area contributed by atoms with E-state index >= 15 is 0 Å². The van der Waals surface area contributed by atoms with Crippen LogP contribution in [0.1, 0.15) is 18.9 Å². The molecule has 100 valence electrons. The van der Waals surface area contributed by atoms with E-state index in [1.165, 1.54) is 18.2 Å². The molecule has 0 aliphatic rings.